The monoisotopic (exact) mass is 447 g/mol. The van der Waals surface area contributed by atoms with Gasteiger partial charge in [0, 0.05) is 43.5 Å². The number of amides is 1. The van der Waals surface area contributed by atoms with Crippen LogP contribution >= 0.6 is 0 Å². The summed E-state index contributed by atoms with van der Waals surface area (Å²) in [6.45, 7) is 2.72. The first-order valence-electron chi connectivity index (χ1n) is 11.8. The van der Waals surface area contributed by atoms with Crippen molar-refractivity contribution in [1.29, 1.82) is 0 Å². The van der Waals surface area contributed by atoms with Gasteiger partial charge in [-0.2, -0.15) is 5.10 Å². The number of benzene rings is 2. The number of aromatic amines is 1. The van der Waals surface area contributed by atoms with E-state index in [2.05, 4.69) is 27.2 Å². The van der Waals surface area contributed by atoms with Crippen LogP contribution in [-0.4, -0.2) is 47.3 Å². The Morgan fingerprint density at radius 3 is 2.64 bits per heavy atom. The summed E-state index contributed by atoms with van der Waals surface area (Å²) >= 11 is 0. The van der Waals surface area contributed by atoms with Gasteiger partial charge in [-0.1, -0.05) is 42.5 Å². The molecule has 3 heterocycles. The Balaban J connectivity index is 1.37. The second-order valence-electron chi connectivity index (χ2n) is 9.35. The van der Waals surface area contributed by atoms with Crippen LogP contribution in [0.4, 0.5) is 4.39 Å². The average Bonchev–Trinajstić information content (AvgIpc) is 3.35. The van der Waals surface area contributed by atoms with Crippen LogP contribution in [0, 0.1) is 11.2 Å². The lowest BCUT2D eigenvalue weighted by Crippen LogP contribution is -2.51. The third-order valence-electron chi connectivity index (χ3n) is 7.23. The molecule has 2 saturated heterocycles. The van der Waals surface area contributed by atoms with Gasteiger partial charge in [0.2, 0.25) is 5.91 Å². The second kappa shape index (κ2) is 9.48. The molecule has 2 aliphatic rings. The predicted molar refractivity (Wildman–Crippen MR) is 125 cm³/mol. The van der Waals surface area contributed by atoms with Crippen molar-refractivity contribution in [2.45, 2.75) is 38.0 Å². The largest absolute Gasteiger partial charge is 0.381 e. The molecule has 1 atom stereocenters. The molecule has 2 fully saturated rings. The minimum atomic E-state index is -0.407. The highest BCUT2D eigenvalue weighted by Crippen LogP contribution is 2.39. The highest BCUT2D eigenvalue weighted by Gasteiger charge is 2.43. The lowest BCUT2D eigenvalue weighted by Gasteiger charge is -2.42. The van der Waals surface area contributed by atoms with E-state index >= 15 is 0 Å². The van der Waals surface area contributed by atoms with Gasteiger partial charge < -0.3 is 9.64 Å². The molecule has 1 amide bonds. The fourth-order valence-corrected chi connectivity index (χ4v) is 5.41. The van der Waals surface area contributed by atoms with Crippen LogP contribution in [0.25, 0.3) is 11.1 Å². The van der Waals surface area contributed by atoms with Crippen molar-refractivity contribution >= 4 is 5.91 Å². The number of nitrogens with one attached hydrogen (secondary N) is 1. The molecule has 2 aliphatic heterocycles. The molecule has 0 unspecified atom stereocenters. The average molecular weight is 448 g/mol. The molecule has 0 spiro atoms. The zero-order valence-electron chi connectivity index (χ0n) is 18.8. The molecule has 0 aliphatic carbocycles. The maximum atomic E-state index is 14.0. The van der Waals surface area contributed by atoms with Crippen molar-refractivity contribution in [3.05, 3.63) is 77.9 Å². The van der Waals surface area contributed by atoms with Crippen LogP contribution in [0.5, 0.6) is 0 Å². The molecule has 0 saturated carbocycles. The smallest absolute Gasteiger partial charge is 0.229 e. The van der Waals surface area contributed by atoms with E-state index in [-0.39, 0.29) is 17.6 Å². The standard InChI is InChI=1S/C27H30FN3O2/c28-23-10-8-21(9-11-23)24-18-29-30-25(24)22-7-4-14-31(19-22)26(32)27(12-15-33-16-13-27)17-20-5-2-1-3-6-20/h1-3,5-6,8-11,18,22H,4,7,12-17,19H2,(H,29,30)/t22-/m1/s1. The van der Waals surface area contributed by atoms with Gasteiger partial charge in [-0.25, -0.2) is 4.39 Å². The SMILES string of the molecule is O=C(N1CCC[C@@H](c2[nH]ncc2-c2ccc(F)cc2)C1)C1(Cc2ccccc2)CCOCC1. The first-order chi connectivity index (χ1) is 16.1. The van der Waals surface area contributed by atoms with Gasteiger partial charge >= 0.3 is 0 Å². The van der Waals surface area contributed by atoms with E-state index in [9.17, 15) is 9.18 Å². The maximum absolute atomic E-state index is 14.0. The number of likely N-dealkylation sites (tertiary alicyclic amines) is 1. The van der Waals surface area contributed by atoms with Crippen molar-refractivity contribution in [3.63, 3.8) is 0 Å². The van der Waals surface area contributed by atoms with Crippen molar-refractivity contribution in [1.82, 2.24) is 15.1 Å². The number of aromatic nitrogens is 2. The number of rotatable bonds is 5. The lowest BCUT2D eigenvalue weighted by molar-refractivity contribution is -0.149. The van der Waals surface area contributed by atoms with Gasteiger partial charge in [0.25, 0.3) is 0 Å². The molecule has 172 valence electrons. The van der Waals surface area contributed by atoms with Crippen LogP contribution in [0.3, 0.4) is 0 Å². The number of hydrogen-bond donors (Lipinski definition) is 1. The third kappa shape index (κ3) is 4.58. The van der Waals surface area contributed by atoms with Gasteiger partial charge in [0.1, 0.15) is 5.82 Å². The molecule has 6 heteroatoms. The van der Waals surface area contributed by atoms with Crippen molar-refractivity contribution in [2.24, 2.45) is 5.41 Å². The van der Waals surface area contributed by atoms with Gasteiger partial charge in [-0.3, -0.25) is 9.89 Å². The topological polar surface area (TPSA) is 58.2 Å². The van der Waals surface area contributed by atoms with Crippen LogP contribution in [0.15, 0.2) is 60.8 Å². The Bertz CT molecular complexity index is 1070. The van der Waals surface area contributed by atoms with Crippen molar-refractivity contribution in [2.75, 3.05) is 26.3 Å². The first-order valence-corrected chi connectivity index (χ1v) is 11.8. The number of nitrogens with zero attached hydrogens (tertiary/aromatic N) is 2. The molecular weight excluding hydrogens is 417 g/mol. The number of halogens is 1. The minimum Gasteiger partial charge on any atom is -0.381 e. The van der Waals surface area contributed by atoms with E-state index in [1.807, 2.05) is 18.2 Å². The van der Waals surface area contributed by atoms with E-state index in [4.69, 9.17) is 4.74 Å². The molecular formula is C27H30FN3O2. The number of ether oxygens (including phenoxy) is 1. The Morgan fingerprint density at radius 2 is 1.88 bits per heavy atom. The zero-order chi connectivity index (χ0) is 22.7. The molecule has 2 aromatic carbocycles. The predicted octanol–water partition coefficient (Wildman–Crippen LogP) is 4.96. The Hall–Kier alpha value is -2.99. The van der Waals surface area contributed by atoms with E-state index in [1.54, 1.807) is 18.3 Å². The molecule has 0 radical (unpaired) electrons. The van der Waals surface area contributed by atoms with E-state index in [0.717, 1.165) is 55.5 Å². The van der Waals surface area contributed by atoms with Gasteiger partial charge in [0.05, 0.1) is 11.6 Å². The summed E-state index contributed by atoms with van der Waals surface area (Å²) in [4.78, 5) is 16.1. The van der Waals surface area contributed by atoms with Gasteiger partial charge in [-0.15, -0.1) is 0 Å². The summed E-state index contributed by atoms with van der Waals surface area (Å²) in [5.41, 5.74) is 3.75. The summed E-state index contributed by atoms with van der Waals surface area (Å²) in [5.74, 6) is 0.180. The van der Waals surface area contributed by atoms with Gasteiger partial charge in [-0.05, 0) is 55.4 Å². The third-order valence-corrected chi connectivity index (χ3v) is 7.23. The number of piperidine rings is 1. The summed E-state index contributed by atoms with van der Waals surface area (Å²) < 4.78 is 19.1. The Kier molecular flexibility index (Phi) is 6.27. The quantitative estimate of drug-likeness (QED) is 0.601. The van der Waals surface area contributed by atoms with Crippen LogP contribution in [0.2, 0.25) is 0 Å². The molecule has 0 bridgehead atoms. The summed E-state index contributed by atoms with van der Waals surface area (Å²) in [5, 5.41) is 7.46. The first kappa shape index (κ1) is 21.8. The van der Waals surface area contributed by atoms with Crippen molar-refractivity contribution in [3.8, 4) is 11.1 Å². The fraction of sp³-hybridized carbons (Fsp3) is 0.407. The molecule has 3 aromatic rings. The highest BCUT2D eigenvalue weighted by molar-refractivity contribution is 5.83. The summed E-state index contributed by atoms with van der Waals surface area (Å²) in [6.07, 6.45) is 6.02. The second-order valence-corrected chi connectivity index (χ2v) is 9.35. The van der Waals surface area contributed by atoms with Gasteiger partial charge in [0.15, 0.2) is 0 Å². The summed E-state index contributed by atoms with van der Waals surface area (Å²) in [7, 11) is 0. The van der Waals surface area contributed by atoms with Crippen LogP contribution < -0.4 is 0 Å². The van der Waals surface area contributed by atoms with E-state index in [1.165, 1.54) is 17.7 Å². The number of carbonyl (C=O) groups excluding carboxylic acids is 1. The highest BCUT2D eigenvalue weighted by atomic mass is 19.1. The molecule has 33 heavy (non-hydrogen) atoms. The Morgan fingerprint density at radius 1 is 1.12 bits per heavy atom. The molecule has 1 aromatic heterocycles. The van der Waals surface area contributed by atoms with E-state index in [0.29, 0.717) is 19.8 Å². The molecule has 5 rings (SSSR count). The Labute approximate surface area is 194 Å². The zero-order valence-corrected chi connectivity index (χ0v) is 18.8. The van der Waals surface area contributed by atoms with Crippen LogP contribution in [-0.2, 0) is 16.0 Å². The lowest BCUT2D eigenvalue weighted by atomic mass is 9.73. The molecule has 5 nitrogen and oxygen atoms in total. The normalized spacial score (nSPS) is 20.5. The number of carbonyl (C=O) groups is 1. The van der Waals surface area contributed by atoms with Crippen LogP contribution in [0.1, 0.15) is 42.9 Å². The number of H-pyrrole nitrogens is 1. The summed E-state index contributed by atoms with van der Waals surface area (Å²) in [6, 6.07) is 16.8. The van der Waals surface area contributed by atoms with E-state index < -0.39 is 5.41 Å². The maximum Gasteiger partial charge on any atom is 0.229 e. The minimum absolute atomic E-state index is 0.180. The number of hydrogen-bond acceptors (Lipinski definition) is 3. The fourth-order valence-electron chi connectivity index (χ4n) is 5.41. The van der Waals surface area contributed by atoms with Crippen molar-refractivity contribution < 1.29 is 13.9 Å². The molecule has 1 N–H and O–H groups in total.